The lowest BCUT2D eigenvalue weighted by Gasteiger charge is -2.15. The molecule has 0 aliphatic carbocycles. The van der Waals surface area contributed by atoms with Crippen LogP contribution in [-0.4, -0.2) is 38.2 Å². The van der Waals surface area contributed by atoms with E-state index in [1.165, 1.54) is 0 Å². The third kappa shape index (κ3) is 3.32. The second-order valence-electron chi connectivity index (χ2n) is 5.53. The minimum Gasteiger partial charge on any atom is -0.493 e. The number of aromatic nitrogens is 1. The maximum Gasteiger partial charge on any atom is 0.203 e. The second-order valence-corrected chi connectivity index (χ2v) is 5.53. The standard InChI is InChI=1S/C18H24N2O4/c1-11-7-14(12(2)20(11)3)15(21)10-19-13-8-16(22-4)18(24-6)17(9-13)23-5/h7-9,19H,10H2,1-6H3. The summed E-state index contributed by atoms with van der Waals surface area (Å²) in [5.74, 6) is 1.63. The van der Waals surface area contributed by atoms with Crippen LogP contribution in [0.5, 0.6) is 17.2 Å². The van der Waals surface area contributed by atoms with Crippen molar-refractivity contribution in [3.63, 3.8) is 0 Å². The van der Waals surface area contributed by atoms with Crippen LogP contribution in [0.4, 0.5) is 5.69 Å². The SMILES string of the molecule is COc1cc(NCC(=O)c2cc(C)n(C)c2C)cc(OC)c1OC. The van der Waals surface area contributed by atoms with Crippen LogP contribution >= 0.6 is 0 Å². The van der Waals surface area contributed by atoms with E-state index in [0.717, 1.165) is 22.6 Å². The highest BCUT2D eigenvalue weighted by Gasteiger charge is 2.16. The number of carbonyl (C=O) groups is 1. The van der Waals surface area contributed by atoms with Gasteiger partial charge < -0.3 is 24.1 Å². The van der Waals surface area contributed by atoms with Crippen LogP contribution in [0, 0.1) is 13.8 Å². The zero-order valence-electron chi connectivity index (χ0n) is 15.0. The molecule has 0 aliphatic rings. The van der Waals surface area contributed by atoms with Crippen LogP contribution in [0.3, 0.4) is 0 Å². The van der Waals surface area contributed by atoms with E-state index in [2.05, 4.69) is 5.32 Å². The van der Waals surface area contributed by atoms with Gasteiger partial charge >= 0.3 is 0 Å². The number of Topliss-reactive ketones (excluding diaryl/α,β-unsaturated/α-hetero) is 1. The lowest BCUT2D eigenvalue weighted by Crippen LogP contribution is -2.15. The number of methoxy groups -OCH3 is 3. The summed E-state index contributed by atoms with van der Waals surface area (Å²) in [5, 5.41) is 3.13. The van der Waals surface area contributed by atoms with Crippen molar-refractivity contribution in [2.24, 2.45) is 7.05 Å². The molecule has 0 spiro atoms. The Kier molecular flexibility index (Phi) is 5.39. The highest BCUT2D eigenvalue weighted by atomic mass is 16.5. The molecule has 0 bridgehead atoms. The van der Waals surface area contributed by atoms with Gasteiger partial charge in [-0.3, -0.25) is 4.79 Å². The molecule has 0 radical (unpaired) electrons. The smallest absolute Gasteiger partial charge is 0.203 e. The predicted octanol–water partition coefficient (Wildman–Crippen LogP) is 2.96. The molecule has 1 aromatic carbocycles. The first-order valence-corrected chi connectivity index (χ1v) is 7.62. The molecule has 2 rings (SSSR count). The Morgan fingerprint density at radius 2 is 1.62 bits per heavy atom. The van der Waals surface area contributed by atoms with Gasteiger partial charge in [0.25, 0.3) is 0 Å². The zero-order valence-corrected chi connectivity index (χ0v) is 15.0. The average Bonchev–Trinajstić information content (AvgIpc) is 2.85. The fraction of sp³-hybridized carbons (Fsp3) is 0.389. The minimum absolute atomic E-state index is 0.0324. The molecule has 6 nitrogen and oxygen atoms in total. The van der Waals surface area contributed by atoms with Crippen LogP contribution in [0.15, 0.2) is 18.2 Å². The first-order valence-electron chi connectivity index (χ1n) is 7.62. The maximum absolute atomic E-state index is 12.5. The number of ether oxygens (including phenoxy) is 3. The quantitative estimate of drug-likeness (QED) is 0.790. The average molecular weight is 332 g/mol. The van der Waals surface area contributed by atoms with Crippen molar-refractivity contribution < 1.29 is 19.0 Å². The highest BCUT2D eigenvalue weighted by Crippen LogP contribution is 2.39. The molecule has 1 N–H and O–H groups in total. The number of benzene rings is 1. The summed E-state index contributed by atoms with van der Waals surface area (Å²) in [6.07, 6.45) is 0. The Balaban J connectivity index is 2.19. The van der Waals surface area contributed by atoms with Crippen LogP contribution in [0.1, 0.15) is 21.7 Å². The zero-order chi connectivity index (χ0) is 17.9. The Bertz CT molecular complexity index is 725. The van der Waals surface area contributed by atoms with Gasteiger partial charge in [0.05, 0.1) is 27.9 Å². The Hall–Kier alpha value is -2.63. The molecule has 24 heavy (non-hydrogen) atoms. The minimum atomic E-state index is 0.0324. The Morgan fingerprint density at radius 1 is 1.04 bits per heavy atom. The molecule has 0 aliphatic heterocycles. The molecule has 0 atom stereocenters. The normalized spacial score (nSPS) is 10.4. The molecule has 2 aromatic rings. The van der Waals surface area contributed by atoms with Crippen LogP contribution < -0.4 is 19.5 Å². The highest BCUT2D eigenvalue weighted by molar-refractivity contribution is 6.00. The number of hydrogen-bond acceptors (Lipinski definition) is 5. The molecule has 0 saturated heterocycles. The molecular weight excluding hydrogens is 308 g/mol. The van der Waals surface area contributed by atoms with Crippen LogP contribution in [0.2, 0.25) is 0 Å². The summed E-state index contributed by atoms with van der Waals surface area (Å²) in [6.45, 7) is 4.11. The largest absolute Gasteiger partial charge is 0.493 e. The predicted molar refractivity (Wildman–Crippen MR) is 93.8 cm³/mol. The van der Waals surface area contributed by atoms with E-state index >= 15 is 0 Å². The number of ketones is 1. The summed E-state index contributed by atoms with van der Waals surface area (Å²) < 4.78 is 17.9. The summed E-state index contributed by atoms with van der Waals surface area (Å²) in [5.41, 5.74) is 3.48. The van der Waals surface area contributed by atoms with Gasteiger partial charge in [-0.2, -0.15) is 0 Å². The number of anilines is 1. The third-order valence-electron chi connectivity index (χ3n) is 4.19. The van der Waals surface area contributed by atoms with Crippen molar-refractivity contribution in [1.82, 2.24) is 4.57 Å². The van der Waals surface area contributed by atoms with Crippen molar-refractivity contribution in [3.05, 3.63) is 35.2 Å². The first-order chi connectivity index (χ1) is 11.4. The van der Waals surface area contributed by atoms with Gasteiger partial charge in [0, 0.05) is 41.8 Å². The van der Waals surface area contributed by atoms with Gasteiger partial charge in [-0.1, -0.05) is 0 Å². The lowest BCUT2D eigenvalue weighted by atomic mass is 10.1. The monoisotopic (exact) mass is 332 g/mol. The number of carbonyl (C=O) groups excluding carboxylic acids is 1. The maximum atomic E-state index is 12.5. The molecule has 130 valence electrons. The van der Waals surface area contributed by atoms with E-state index < -0.39 is 0 Å². The van der Waals surface area contributed by atoms with Crippen molar-refractivity contribution in [1.29, 1.82) is 0 Å². The van der Waals surface area contributed by atoms with E-state index in [-0.39, 0.29) is 12.3 Å². The van der Waals surface area contributed by atoms with E-state index in [9.17, 15) is 4.79 Å². The molecule has 6 heteroatoms. The van der Waals surface area contributed by atoms with Crippen molar-refractivity contribution in [3.8, 4) is 17.2 Å². The first kappa shape index (κ1) is 17.7. The van der Waals surface area contributed by atoms with Gasteiger partial charge in [-0.15, -0.1) is 0 Å². The topological polar surface area (TPSA) is 61.7 Å². The summed E-state index contributed by atoms with van der Waals surface area (Å²) >= 11 is 0. The molecule has 0 amide bonds. The number of nitrogens with zero attached hydrogens (tertiary/aromatic N) is 1. The molecule has 0 fully saturated rings. The molecular formula is C18H24N2O4. The van der Waals surface area contributed by atoms with Gasteiger partial charge in [-0.25, -0.2) is 0 Å². The van der Waals surface area contributed by atoms with Crippen LogP contribution in [0.25, 0.3) is 0 Å². The summed E-state index contributed by atoms with van der Waals surface area (Å²) in [4.78, 5) is 12.5. The summed E-state index contributed by atoms with van der Waals surface area (Å²) in [6, 6.07) is 5.46. The van der Waals surface area contributed by atoms with Crippen molar-refractivity contribution >= 4 is 11.5 Å². The van der Waals surface area contributed by atoms with Crippen LogP contribution in [-0.2, 0) is 7.05 Å². The number of nitrogens with one attached hydrogen (secondary N) is 1. The molecule has 0 saturated carbocycles. The van der Waals surface area contributed by atoms with Crippen molar-refractivity contribution in [2.75, 3.05) is 33.2 Å². The number of aryl methyl sites for hydroxylation is 1. The van der Waals surface area contributed by atoms with Gasteiger partial charge in [-0.05, 0) is 19.9 Å². The van der Waals surface area contributed by atoms with E-state index in [1.54, 1.807) is 33.5 Å². The fourth-order valence-electron chi connectivity index (χ4n) is 2.60. The lowest BCUT2D eigenvalue weighted by molar-refractivity contribution is 0.101. The third-order valence-corrected chi connectivity index (χ3v) is 4.19. The Morgan fingerprint density at radius 3 is 2.04 bits per heavy atom. The van der Waals surface area contributed by atoms with Gasteiger partial charge in [0.2, 0.25) is 5.75 Å². The van der Waals surface area contributed by atoms with Gasteiger partial charge in [0.15, 0.2) is 17.3 Å². The van der Waals surface area contributed by atoms with Gasteiger partial charge in [0.1, 0.15) is 0 Å². The molecule has 1 heterocycles. The fourth-order valence-corrected chi connectivity index (χ4v) is 2.60. The van der Waals surface area contributed by atoms with E-state index in [4.69, 9.17) is 14.2 Å². The number of hydrogen-bond donors (Lipinski definition) is 1. The molecule has 0 unspecified atom stereocenters. The second kappa shape index (κ2) is 7.29. The number of rotatable bonds is 7. The van der Waals surface area contributed by atoms with E-state index in [1.807, 2.05) is 31.5 Å². The Labute approximate surface area is 142 Å². The van der Waals surface area contributed by atoms with E-state index in [0.29, 0.717) is 17.2 Å². The van der Waals surface area contributed by atoms with Crippen molar-refractivity contribution in [2.45, 2.75) is 13.8 Å². The molecule has 1 aromatic heterocycles. The summed E-state index contributed by atoms with van der Waals surface area (Å²) in [7, 11) is 6.62.